The van der Waals surface area contributed by atoms with Crippen LogP contribution in [0.5, 0.6) is 0 Å². The second-order valence-corrected chi connectivity index (χ2v) is 6.19. The molecule has 4 rings (SSSR count). The highest BCUT2D eigenvalue weighted by Gasteiger charge is 1.99. The van der Waals surface area contributed by atoms with Crippen LogP contribution in [0.1, 0.15) is 16.7 Å². The molecule has 1 N–H and O–H groups in total. The van der Waals surface area contributed by atoms with Crippen molar-refractivity contribution in [3.63, 3.8) is 0 Å². The molecule has 0 bridgehead atoms. The van der Waals surface area contributed by atoms with E-state index in [0.29, 0.717) is 0 Å². The molecule has 1 heterocycles. The summed E-state index contributed by atoms with van der Waals surface area (Å²) in [6.45, 7) is 2.48. The van der Waals surface area contributed by atoms with E-state index in [1.807, 2.05) is 4.68 Å². The lowest BCUT2D eigenvalue weighted by molar-refractivity contribution is 0.680. The van der Waals surface area contributed by atoms with Crippen LogP contribution in [0, 0.1) is 0 Å². The second kappa shape index (κ2) is 8.61. The molecular formula is C21H21ClN4. The zero-order valence-corrected chi connectivity index (χ0v) is 15.2. The van der Waals surface area contributed by atoms with Gasteiger partial charge in [0.1, 0.15) is 12.7 Å². The largest absolute Gasteiger partial charge is 0.309 e. The number of aromatic nitrogens is 3. The van der Waals surface area contributed by atoms with Gasteiger partial charge in [-0.25, -0.2) is 9.67 Å². The number of hydrogen-bond acceptors (Lipinski definition) is 3. The van der Waals surface area contributed by atoms with Gasteiger partial charge < -0.3 is 5.32 Å². The van der Waals surface area contributed by atoms with E-state index in [4.69, 9.17) is 0 Å². The van der Waals surface area contributed by atoms with Crippen molar-refractivity contribution in [3.05, 3.63) is 96.1 Å². The van der Waals surface area contributed by atoms with Crippen molar-refractivity contribution >= 4 is 23.2 Å². The molecule has 132 valence electrons. The summed E-state index contributed by atoms with van der Waals surface area (Å²) in [6.07, 6.45) is 3.30. The summed E-state index contributed by atoms with van der Waals surface area (Å²) in [7, 11) is 0. The van der Waals surface area contributed by atoms with Crippen LogP contribution < -0.4 is 5.32 Å². The second-order valence-electron chi connectivity index (χ2n) is 6.19. The van der Waals surface area contributed by atoms with Crippen LogP contribution in [0.2, 0.25) is 0 Å². The average Bonchev–Trinajstić information content (AvgIpc) is 3.16. The molecule has 0 saturated heterocycles. The number of nitrogens with zero attached hydrogens (tertiary/aromatic N) is 3. The fourth-order valence-electron chi connectivity index (χ4n) is 2.96. The minimum atomic E-state index is 0. The first kappa shape index (κ1) is 18.1. The highest BCUT2D eigenvalue weighted by Crippen LogP contribution is 2.15. The normalized spacial score (nSPS) is 10.6. The molecule has 0 unspecified atom stereocenters. The molecule has 0 aliphatic carbocycles. The third-order valence-electron chi connectivity index (χ3n) is 4.31. The SMILES string of the molecule is Cl.c1ccc2cc(CNCc3ccc(Cn4cncn4)cc3)ccc2c1. The van der Waals surface area contributed by atoms with E-state index in [1.165, 1.54) is 27.5 Å². The first-order valence-corrected chi connectivity index (χ1v) is 8.45. The van der Waals surface area contributed by atoms with Crippen molar-refractivity contribution < 1.29 is 0 Å². The molecular weight excluding hydrogens is 344 g/mol. The van der Waals surface area contributed by atoms with Crippen LogP contribution >= 0.6 is 12.4 Å². The number of rotatable bonds is 6. The lowest BCUT2D eigenvalue weighted by Gasteiger charge is -2.08. The number of nitrogens with one attached hydrogen (secondary N) is 1. The lowest BCUT2D eigenvalue weighted by Crippen LogP contribution is -2.12. The van der Waals surface area contributed by atoms with E-state index in [1.54, 1.807) is 12.7 Å². The van der Waals surface area contributed by atoms with Crippen LogP contribution in [0.4, 0.5) is 0 Å². The maximum absolute atomic E-state index is 4.13. The van der Waals surface area contributed by atoms with E-state index in [0.717, 1.165) is 19.6 Å². The van der Waals surface area contributed by atoms with Crippen LogP contribution in [-0.2, 0) is 19.6 Å². The van der Waals surface area contributed by atoms with E-state index in [-0.39, 0.29) is 12.4 Å². The van der Waals surface area contributed by atoms with Crippen molar-refractivity contribution in [2.24, 2.45) is 0 Å². The number of fused-ring (bicyclic) bond motifs is 1. The van der Waals surface area contributed by atoms with Gasteiger partial charge in [0.05, 0.1) is 6.54 Å². The van der Waals surface area contributed by atoms with E-state index >= 15 is 0 Å². The Morgan fingerprint density at radius 3 is 2.23 bits per heavy atom. The maximum atomic E-state index is 4.13. The van der Waals surface area contributed by atoms with Crippen molar-refractivity contribution in [1.29, 1.82) is 0 Å². The van der Waals surface area contributed by atoms with Gasteiger partial charge >= 0.3 is 0 Å². The Morgan fingerprint density at radius 2 is 1.46 bits per heavy atom. The van der Waals surface area contributed by atoms with Crippen LogP contribution in [0.15, 0.2) is 79.4 Å². The summed E-state index contributed by atoms with van der Waals surface area (Å²) in [5.74, 6) is 0. The lowest BCUT2D eigenvalue weighted by atomic mass is 10.1. The Balaban J connectivity index is 0.00000196. The predicted molar refractivity (Wildman–Crippen MR) is 107 cm³/mol. The Bertz CT molecular complexity index is 949. The molecule has 26 heavy (non-hydrogen) atoms. The molecule has 5 heteroatoms. The minimum Gasteiger partial charge on any atom is -0.309 e. The molecule has 0 spiro atoms. The van der Waals surface area contributed by atoms with E-state index in [2.05, 4.69) is 82.1 Å². The summed E-state index contributed by atoms with van der Waals surface area (Å²) < 4.78 is 1.83. The fourth-order valence-corrected chi connectivity index (χ4v) is 2.96. The fraction of sp³-hybridized carbons (Fsp3) is 0.143. The molecule has 4 nitrogen and oxygen atoms in total. The molecule has 1 aromatic heterocycles. The van der Waals surface area contributed by atoms with Crippen molar-refractivity contribution in [3.8, 4) is 0 Å². The van der Waals surface area contributed by atoms with Gasteiger partial charge in [-0.1, -0.05) is 60.7 Å². The van der Waals surface area contributed by atoms with Gasteiger partial charge in [0.15, 0.2) is 0 Å². The van der Waals surface area contributed by atoms with Crippen LogP contribution in [0.3, 0.4) is 0 Å². The summed E-state index contributed by atoms with van der Waals surface area (Å²) in [6, 6.07) is 23.7. The van der Waals surface area contributed by atoms with Crippen molar-refractivity contribution in [1.82, 2.24) is 20.1 Å². The zero-order valence-electron chi connectivity index (χ0n) is 14.4. The number of benzene rings is 3. The van der Waals surface area contributed by atoms with Gasteiger partial charge in [-0.05, 0) is 33.5 Å². The standard InChI is InChI=1S/C21H20N4.ClH/c1-2-4-21-11-19(9-10-20(21)3-1)13-22-12-17-5-7-18(8-6-17)14-25-16-23-15-24-25;/h1-11,15-16,22H,12-14H2;1H. The van der Waals surface area contributed by atoms with Crippen LogP contribution in [-0.4, -0.2) is 14.8 Å². The molecule has 0 atom stereocenters. The van der Waals surface area contributed by atoms with Gasteiger partial charge in [-0.15, -0.1) is 12.4 Å². The molecule has 4 aromatic rings. The predicted octanol–water partition coefficient (Wildman–Crippen LogP) is 4.19. The third-order valence-corrected chi connectivity index (χ3v) is 4.31. The zero-order chi connectivity index (χ0) is 16.9. The Morgan fingerprint density at radius 1 is 0.769 bits per heavy atom. The highest BCUT2D eigenvalue weighted by molar-refractivity contribution is 5.85. The molecule has 0 amide bonds. The summed E-state index contributed by atoms with van der Waals surface area (Å²) in [5, 5.41) is 10.2. The summed E-state index contributed by atoms with van der Waals surface area (Å²) >= 11 is 0. The molecule has 0 saturated carbocycles. The molecule has 0 fully saturated rings. The first-order chi connectivity index (χ1) is 12.4. The van der Waals surface area contributed by atoms with Gasteiger partial charge in [-0.2, -0.15) is 5.10 Å². The topological polar surface area (TPSA) is 42.7 Å². The first-order valence-electron chi connectivity index (χ1n) is 8.45. The molecule has 0 aliphatic heterocycles. The van der Waals surface area contributed by atoms with Gasteiger partial charge in [0.25, 0.3) is 0 Å². The molecule has 0 radical (unpaired) electrons. The van der Waals surface area contributed by atoms with Crippen molar-refractivity contribution in [2.45, 2.75) is 19.6 Å². The number of hydrogen-bond donors (Lipinski definition) is 1. The summed E-state index contributed by atoms with van der Waals surface area (Å²) in [4.78, 5) is 3.97. The monoisotopic (exact) mass is 364 g/mol. The van der Waals surface area contributed by atoms with E-state index in [9.17, 15) is 0 Å². The minimum absolute atomic E-state index is 0. The van der Waals surface area contributed by atoms with E-state index < -0.39 is 0 Å². The smallest absolute Gasteiger partial charge is 0.137 e. The average molecular weight is 365 g/mol. The number of halogens is 1. The van der Waals surface area contributed by atoms with Crippen LogP contribution in [0.25, 0.3) is 10.8 Å². The van der Waals surface area contributed by atoms with Crippen molar-refractivity contribution in [2.75, 3.05) is 0 Å². The third kappa shape index (κ3) is 4.48. The summed E-state index contributed by atoms with van der Waals surface area (Å²) in [5.41, 5.74) is 3.81. The van der Waals surface area contributed by atoms with Gasteiger partial charge in [-0.3, -0.25) is 0 Å². The molecule has 3 aromatic carbocycles. The molecule has 0 aliphatic rings. The quantitative estimate of drug-likeness (QED) is 0.557. The Kier molecular flexibility index (Phi) is 6.00. The Hall–Kier alpha value is -2.69. The highest BCUT2D eigenvalue weighted by atomic mass is 35.5. The van der Waals surface area contributed by atoms with Gasteiger partial charge in [0, 0.05) is 13.1 Å². The maximum Gasteiger partial charge on any atom is 0.137 e. The van der Waals surface area contributed by atoms with Gasteiger partial charge in [0.2, 0.25) is 0 Å². The Labute approximate surface area is 159 Å².